The first-order valence-electron chi connectivity index (χ1n) is 9.33. The van der Waals surface area contributed by atoms with Crippen LogP contribution >= 0.6 is 0 Å². The molecule has 3 rings (SSSR count). The van der Waals surface area contributed by atoms with E-state index in [1.165, 1.54) is 5.56 Å². The van der Waals surface area contributed by atoms with Gasteiger partial charge in [-0.2, -0.15) is 0 Å². The van der Waals surface area contributed by atoms with E-state index in [1.807, 2.05) is 20.8 Å². The molecule has 1 aromatic heterocycles. The molecule has 1 aliphatic rings. The van der Waals surface area contributed by atoms with Crippen molar-refractivity contribution in [3.63, 3.8) is 0 Å². The average Bonchev–Trinajstić information content (AvgIpc) is 2.58. The second-order valence-electron chi connectivity index (χ2n) is 7.59. The Bertz CT molecular complexity index is 800. The third kappa shape index (κ3) is 4.03. The van der Waals surface area contributed by atoms with E-state index in [4.69, 9.17) is 0 Å². The molecule has 1 N–H and O–H groups in total. The number of nitrogens with one attached hydrogen (secondary N) is 1. The van der Waals surface area contributed by atoms with Gasteiger partial charge in [0.1, 0.15) is 5.69 Å². The second kappa shape index (κ2) is 7.44. The van der Waals surface area contributed by atoms with Gasteiger partial charge in [-0.05, 0) is 63.6 Å². The third-order valence-electron chi connectivity index (χ3n) is 5.06. The molecule has 2 aromatic rings. The molecule has 0 atom stereocenters. The number of piperidine rings is 1. The van der Waals surface area contributed by atoms with Crippen LogP contribution in [0.2, 0.25) is 0 Å². The smallest absolute Gasteiger partial charge is 0.274 e. The number of benzene rings is 1. The summed E-state index contributed by atoms with van der Waals surface area (Å²) >= 11 is 0. The van der Waals surface area contributed by atoms with Gasteiger partial charge in [-0.1, -0.05) is 24.6 Å². The molecule has 0 spiro atoms. The highest BCUT2D eigenvalue weighted by molar-refractivity contribution is 6.04. The molecule has 0 radical (unpaired) electrons. The Morgan fingerprint density at radius 2 is 1.65 bits per heavy atom. The van der Waals surface area contributed by atoms with Crippen molar-refractivity contribution in [2.24, 2.45) is 5.92 Å². The van der Waals surface area contributed by atoms with Crippen LogP contribution in [0.15, 0.2) is 18.2 Å². The number of anilines is 2. The van der Waals surface area contributed by atoms with E-state index < -0.39 is 0 Å². The van der Waals surface area contributed by atoms with E-state index >= 15 is 0 Å². The summed E-state index contributed by atoms with van der Waals surface area (Å²) in [6, 6.07) is 5.91. The standard InChI is InChI=1S/C21H28N4O/c1-13-6-8-25(9-7-13)21-22-17(5)12-18(23-21)20(26)24-19-15(3)10-14(2)11-16(19)4/h10-13H,6-9H2,1-5H3,(H,24,26). The number of carbonyl (C=O) groups is 1. The Labute approximate surface area is 155 Å². The van der Waals surface area contributed by atoms with Crippen molar-refractivity contribution in [3.05, 3.63) is 46.3 Å². The molecule has 1 amide bonds. The molecule has 0 unspecified atom stereocenters. The minimum absolute atomic E-state index is 0.183. The number of carbonyl (C=O) groups excluding carboxylic acids is 1. The number of amides is 1. The van der Waals surface area contributed by atoms with Gasteiger partial charge in [-0.3, -0.25) is 4.79 Å². The van der Waals surface area contributed by atoms with Crippen LogP contribution in [0.25, 0.3) is 0 Å². The Morgan fingerprint density at radius 1 is 1.04 bits per heavy atom. The second-order valence-corrected chi connectivity index (χ2v) is 7.59. The molecule has 1 fully saturated rings. The summed E-state index contributed by atoms with van der Waals surface area (Å²) in [7, 11) is 0. The Hall–Kier alpha value is -2.43. The van der Waals surface area contributed by atoms with Crippen molar-refractivity contribution < 1.29 is 4.79 Å². The SMILES string of the molecule is Cc1cc(C)c(NC(=O)c2cc(C)nc(N3CCC(C)CC3)n2)c(C)c1. The van der Waals surface area contributed by atoms with E-state index in [9.17, 15) is 4.79 Å². The predicted molar refractivity (Wildman–Crippen MR) is 106 cm³/mol. The van der Waals surface area contributed by atoms with Crippen LogP contribution in [0.5, 0.6) is 0 Å². The highest BCUT2D eigenvalue weighted by Crippen LogP contribution is 2.24. The fourth-order valence-corrected chi connectivity index (χ4v) is 3.57. The van der Waals surface area contributed by atoms with E-state index in [-0.39, 0.29) is 5.91 Å². The molecule has 0 bridgehead atoms. The van der Waals surface area contributed by atoms with Gasteiger partial charge < -0.3 is 10.2 Å². The summed E-state index contributed by atoms with van der Waals surface area (Å²) < 4.78 is 0. The molecule has 5 nitrogen and oxygen atoms in total. The first-order valence-corrected chi connectivity index (χ1v) is 9.33. The van der Waals surface area contributed by atoms with Crippen LogP contribution in [0.3, 0.4) is 0 Å². The maximum Gasteiger partial charge on any atom is 0.274 e. The number of aryl methyl sites for hydroxylation is 4. The lowest BCUT2D eigenvalue weighted by molar-refractivity contribution is 0.102. The van der Waals surface area contributed by atoms with E-state index in [1.54, 1.807) is 6.07 Å². The number of hydrogen-bond acceptors (Lipinski definition) is 4. The molecule has 5 heteroatoms. The van der Waals surface area contributed by atoms with Crippen molar-refractivity contribution in [1.29, 1.82) is 0 Å². The predicted octanol–water partition coefficient (Wildman–Crippen LogP) is 4.20. The Morgan fingerprint density at radius 3 is 2.27 bits per heavy atom. The minimum Gasteiger partial charge on any atom is -0.341 e. The summed E-state index contributed by atoms with van der Waals surface area (Å²) in [5.41, 5.74) is 5.42. The third-order valence-corrected chi connectivity index (χ3v) is 5.06. The molecular weight excluding hydrogens is 324 g/mol. The first kappa shape index (κ1) is 18.4. The van der Waals surface area contributed by atoms with Crippen molar-refractivity contribution in [2.45, 2.75) is 47.5 Å². The van der Waals surface area contributed by atoms with Gasteiger partial charge in [0.2, 0.25) is 5.95 Å². The van der Waals surface area contributed by atoms with Gasteiger partial charge in [-0.25, -0.2) is 9.97 Å². The van der Waals surface area contributed by atoms with Crippen molar-refractivity contribution in [2.75, 3.05) is 23.3 Å². The largest absolute Gasteiger partial charge is 0.341 e. The number of rotatable bonds is 3. The monoisotopic (exact) mass is 352 g/mol. The minimum atomic E-state index is -0.183. The maximum absolute atomic E-state index is 12.8. The molecule has 138 valence electrons. The van der Waals surface area contributed by atoms with E-state index in [0.717, 1.165) is 54.4 Å². The summed E-state index contributed by atoms with van der Waals surface area (Å²) in [6.07, 6.45) is 2.28. The van der Waals surface area contributed by atoms with Gasteiger partial charge in [0, 0.05) is 24.5 Å². The molecule has 1 aliphatic heterocycles. The van der Waals surface area contributed by atoms with E-state index in [0.29, 0.717) is 11.6 Å². The number of nitrogens with zero attached hydrogens (tertiary/aromatic N) is 3. The molecule has 0 saturated carbocycles. The van der Waals surface area contributed by atoms with Crippen molar-refractivity contribution >= 4 is 17.5 Å². The lowest BCUT2D eigenvalue weighted by atomic mass is 10.00. The molecule has 2 heterocycles. The number of aromatic nitrogens is 2. The molecular formula is C21H28N4O. The Kier molecular flexibility index (Phi) is 5.25. The van der Waals surface area contributed by atoms with Crippen LogP contribution in [0.1, 0.15) is 52.6 Å². The topological polar surface area (TPSA) is 58.1 Å². The first-order chi connectivity index (χ1) is 12.3. The van der Waals surface area contributed by atoms with Gasteiger partial charge in [0.25, 0.3) is 5.91 Å². The molecule has 1 saturated heterocycles. The van der Waals surface area contributed by atoms with Crippen LogP contribution in [0.4, 0.5) is 11.6 Å². The zero-order valence-electron chi connectivity index (χ0n) is 16.4. The highest BCUT2D eigenvalue weighted by Gasteiger charge is 2.20. The fraction of sp³-hybridized carbons (Fsp3) is 0.476. The lowest BCUT2D eigenvalue weighted by Gasteiger charge is -2.30. The normalized spacial score (nSPS) is 15.2. The fourth-order valence-electron chi connectivity index (χ4n) is 3.57. The maximum atomic E-state index is 12.8. The van der Waals surface area contributed by atoms with Crippen molar-refractivity contribution in [1.82, 2.24) is 9.97 Å². The van der Waals surface area contributed by atoms with Gasteiger partial charge in [-0.15, -0.1) is 0 Å². The van der Waals surface area contributed by atoms with Crippen molar-refractivity contribution in [3.8, 4) is 0 Å². The quantitative estimate of drug-likeness (QED) is 0.899. The summed E-state index contributed by atoms with van der Waals surface area (Å²) in [4.78, 5) is 24.1. The Balaban J connectivity index is 1.84. The molecule has 26 heavy (non-hydrogen) atoms. The zero-order chi connectivity index (χ0) is 18.8. The summed E-state index contributed by atoms with van der Waals surface area (Å²) in [5.74, 6) is 1.22. The van der Waals surface area contributed by atoms with Crippen LogP contribution in [0, 0.1) is 33.6 Å². The number of hydrogen-bond donors (Lipinski definition) is 1. The van der Waals surface area contributed by atoms with Gasteiger partial charge in [0.15, 0.2) is 0 Å². The van der Waals surface area contributed by atoms with Gasteiger partial charge in [0.05, 0.1) is 0 Å². The van der Waals surface area contributed by atoms with Crippen LogP contribution < -0.4 is 10.2 Å². The molecule has 0 aliphatic carbocycles. The zero-order valence-corrected chi connectivity index (χ0v) is 16.4. The lowest BCUT2D eigenvalue weighted by Crippen LogP contribution is -2.34. The summed E-state index contributed by atoms with van der Waals surface area (Å²) in [6.45, 7) is 12.2. The van der Waals surface area contributed by atoms with Crippen LogP contribution in [-0.2, 0) is 0 Å². The van der Waals surface area contributed by atoms with Gasteiger partial charge >= 0.3 is 0 Å². The highest BCUT2D eigenvalue weighted by atomic mass is 16.1. The summed E-state index contributed by atoms with van der Waals surface area (Å²) in [5, 5.41) is 3.04. The average molecular weight is 352 g/mol. The molecule has 1 aromatic carbocycles. The van der Waals surface area contributed by atoms with Crippen LogP contribution in [-0.4, -0.2) is 29.0 Å². The van der Waals surface area contributed by atoms with E-state index in [2.05, 4.69) is 46.2 Å².